The Morgan fingerprint density at radius 1 is 1.02 bits per heavy atom. The van der Waals surface area contributed by atoms with Crippen LogP contribution in [0.1, 0.15) is 52.8 Å². The maximum Gasteiger partial charge on any atom is 0.416 e. The molecule has 0 atom stereocenters. The van der Waals surface area contributed by atoms with Crippen LogP contribution in [0.3, 0.4) is 0 Å². The van der Waals surface area contributed by atoms with Crippen LogP contribution in [0.5, 0.6) is 17.2 Å². The van der Waals surface area contributed by atoms with Gasteiger partial charge in [-0.3, -0.25) is 14.9 Å². The standard InChI is InChI=1S/C29H25F3N2O6/c1-17(2)25-9-7-18(3)11-27(25)38-16-23-8-10-26(40-23)28(35)33-20-13-21(34(36)37)15-24(14-20)39-22-6-4-5-19(12-22)29(30,31)32/h4-15,17H,16H2,1-3H3,(H,33,35). The molecular formula is C29H25F3N2O6. The number of alkyl halides is 3. The molecule has 0 aliphatic rings. The number of carbonyl (C=O) groups excluding carboxylic acids is 1. The summed E-state index contributed by atoms with van der Waals surface area (Å²) in [5.41, 5.74) is 0.671. The first-order chi connectivity index (χ1) is 18.9. The first kappa shape index (κ1) is 28.2. The summed E-state index contributed by atoms with van der Waals surface area (Å²) in [4.78, 5) is 23.5. The highest BCUT2D eigenvalue weighted by molar-refractivity contribution is 6.02. The molecular weight excluding hydrogens is 529 g/mol. The van der Waals surface area contributed by atoms with Crippen molar-refractivity contribution in [3.8, 4) is 17.2 Å². The van der Waals surface area contributed by atoms with E-state index >= 15 is 0 Å². The largest absolute Gasteiger partial charge is 0.485 e. The monoisotopic (exact) mass is 554 g/mol. The van der Waals surface area contributed by atoms with Crippen molar-refractivity contribution in [3.63, 3.8) is 0 Å². The van der Waals surface area contributed by atoms with Crippen molar-refractivity contribution in [1.82, 2.24) is 0 Å². The Hall–Kier alpha value is -4.80. The van der Waals surface area contributed by atoms with Crippen molar-refractivity contribution in [2.45, 2.75) is 39.5 Å². The Morgan fingerprint density at radius 3 is 2.50 bits per heavy atom. The number of hydrogen-bond donors (Lipinski definition) is 1. The van der Waals surface area contributed by atoms with Crippen LogP contribution in [0.2, 0.25) is 0 Å². The van der Waals surface area contributed by atoms with Gasteiger partial charge in [0, 0.05) is 12.1 Å². The first-order valence-electron chi connectivity index (χ1n) is 12.2. The SMILES string of the molecule is Cc1ccc(C(C)C)c(OCc2ccc(C(=O)Nc3cc(Oc4cccc(C(F)(F)F)c4)cc([N+](=O)[O-])c3)o2)c1. The molecule has 11 heteroatoms. The van der Waals surface area contributed by atoms with Gasteiger partial charge in [0.1, 0.15) is 29.6 Å². The van der Waals surface area contributed by atoms with Gasteiger partial charge in [-0.25, -0.2) is 0 Å². The molecule has 4 aromatic rings. The molecule has 0 bridgehead atoms. The smallest absolute Gasteiger partial charge is 0.416 e. The molecule has 0 saturated carbocycles. The van der Waals surface area contributed by atoms with Crippen molar-refractivity contribution in [3.05, 3.63) is 111 Å². The molecule has 1 aromatic heterocycles. The van der Waals surface area contributed by atoms with Gasteiger partial charge in [0.05, 0.1) is 22.2 Å². The number of nitrogens with zero attached hydrogens (tertiary/aromatic N) is 1. The van der Waals surface area contributed by atoms with Crippen molar-refractivity contribution in [2.75, 3.05) is 5.32 Å². The van der Waals surface area contributed by atoms with Crippen molar-refractivity contribution >= 4 is 17.3 Å². The molecule has 1 N–H and O–H groups in total. The number of nitro benzene ring substituents is 1. The molecule has 0 spiro atoms. The van der Waals surface area contributed by atoms with Gasteiger partial charge >= 0.3 is 6.18 Å². The highest BCUT2D eigenvalue weighted by Crippen LogP contribution is 2.35. The van der Waals surface area contributed by atoms with E-state index in [9.17, 15) is 28.1 Å². The number of non-ortho nitro benzene ring substituents is 1. The average Bonchev–Trinajstić information content (AvgIpc) is 3.36. The Balaban J connectivity index is 1.49. The number of carbonyl (C=O) groups is 1. The van der Waals surface area contributed by atoms with Gasteiger partial charge in [-0.1, -0.05) is 32.0 Å². The van der Waals surface area contributed by atoms with Crippen LogP contribution in [0.4, 0.5) is 24.5 Å². The Labute approximate surface area is 227 Å². The molecule has 1 amide bonds. The van der Waals surface area contributed by atoms with E-state index in [2.05, 4.69) is 19.2 Å². The molecule has 4 rings (SSSR count). The predicted octanol–water partition coefficient (Wildman–Crippen LogP) is 8.26. The van der Waals surface area contributed by atoms with E-state index in [1.54, 1.807) is 6.07 Å². The van der Waals surface area contributed by atoms with Gasteiger partial charge in [-0.05, 0) is 60.4 Å². The number of anilines is 1. The third-order valence-electron chi connectivity index (χ3n) is 5.80. The number of furan rings is 1. The van der Waals surface area contributed by atoms with Crippen molar-refractivity contribution < 1.29 is 36.8 Å². The zero-order valence-corrected chi connectivity index (χ0v) is 21.7. The summed E-state index contributed by atoms with van der Waals surface area (Å²) in [6, 6.07) is 16.4. The lowest BCUT2D eigenvalue weighted by Crippen LogP contribution is -2.11. The van der Waals surface area contributed by atoms with Gasteiger partial charge in [0.2, 0.25) is 0 Å². The molecule has 0 fully saturated rings. The molecule has 3 aromatic carbocycles. The second-order valence-corrected chi connectivity index (χ2v) is 9.31. The number of hydrogen-bond acceptors (Lipinski definition) is 6. The molecule has 40 heavy (non-hydrogen) atoms. The van der Waals surface area contributed by atoms with Crippen LogP contribution < -0.4 is 14.8 Å². The van der Waals surface area contributed by atoms with Crippen LogP contribution in [0.15, 0.2) is 77.2 Å². The first-order valence-corrected chi connectivity index (χ1v) is 12.2. The van der Waals surface area contributed by atoms with Crippen LogP contribution in [-0.2, 0) is 12.8 Å². The minimum atomic E-state index is -4.59. The van der Waals surface area contributed by atoms with E-state index < -0.39 is 28.3 Å². The molecule has 8 nitrogen and oxygen atoms in total. The summed E-state index contributed by atoms with van der Waals surface area (Å²) in [6.45, 7) is 6.13. The van der Waals surface area contributed by atoms with Crippen LogP contribution >= 0.6 is 0 Å². The molecule has 0 aliphatic heterocycles. The van der Waals surface area contributed by atoms with E-state index in [4.69, 9.17) is 13.9 Å². The lowest BCUT2D eigenvalue weighted by atomic mass is 10.0. The third kappa shape index (κ3) is 6.99. The van der Waals surface area contributed by atoms with E-state index in [0.29, 0.717) is 11.5 Å². The summed E-state index contributed by atoms with van der Waals surface area (Å²) >= 11 is 0. The summed E-state index contributed by atoms with van der Waals surface area (Å²) < 4.78 is 56.1. The quantitative estimate of drug-likeness (QED) is 0.165. The lowest BCUT2D eigenvalue weighted by Gasteiger charge is -2.14. The van der Waals surface area contributed by atoms with Crippen molar-refractivity contribution in [2.24, 2.45) is 0 Å². The third-order valence-corrected chi connectivity index (χ3v) is 5.80. The van der Waals surface area contributed by atoms with Crippen LogP contribution in [0, 0.1) is 17.0 Å². The highest BCUT2D eigenvalue weighted by atomic mass is 19.4. The van der Waals surface area contributed by atoms with Crippen LogP contribution in [-0.4, -0.2) is 10.8 Å². The van der Waals surface area contributed by atoms with E-state index in [-0.39, 0.29) is 35.5 Å². The maximum absolute atomic E-state index is 13.0. The van der Waals surface area contributed by atoms with E-state index in [1.165, 1.54) is 18.2 Å². The van der Waals surface area contributed by atoms with E-state index in [0.717, 1.165) is 41.5 Å². The number of nitro groups is 1. The Morgan fingerprint density at radius 2 is 1.80 bits per heavy atom. The van der Waals surface area contributed by atoms with Gasteiger partial charge in [-0.2, -0.15) is 13.2 Å². The maximum atomic E-state index is 13.0. The summed E-state index contributed by atoms with van der Waals surface area (Å²) in [6.07, 6.45) is -4.59. The summed E-state index contributed by atoms with van der Waals surface area (Å²) in [5.74, 6) is 0.241. The van der Waals surface area contributed by atoms with Crippen LogP contribution in [0.25, 0.3) is 0 Å². The van der Waals surface area contributed by atoms with E-state index in [1.807, 2.05) is 25.1 Å². The number of nitrogens with one attached hydrogen (secondary N) is 1. The summed E-state index contributed by atoms with van der Waals surface area (Å²) in [7, 11) is 0. The molecule has 0 unspecified atom stereocenters. The minimum absolute atomic E-state index is 0.0169. The van der Waals surface area contributed by atoms with Gasteiger partial charge < -0.3 is 19.2 Å². The highest BCUT2D eigenvalue weighted by Gasteiger charge is 2.30. The lowest BCUT2D eigenvalue weighted by molar-refractivity contribution is -0.384. The topological polar surface area (TPSA) is 104 Å². The zero-order valence-electron chi connectivity index (χ0n) is 21.7. The number of aryl methyl sites for hydroxylation is 1. The van der Waals surface area contributed by atoms with Gasteiger partial charge in [-0.15, -0.1) is 0 Å². The molecule has 208 valence electrons. The molecule has 0 radical (unpaired) electrons. The molecule has 0 saturated heterocycles. The molecule has 1 heterocycles. The number of ether oxygens (including phenoxy) is 2. The van der Waals surface area contributed by atoms with Gasteiger partial charge in [0.15, 0.2) is 5.76 Å². The zero-order chi connectivity index (χ0) is 29.0. The summed E-state index contributed by atoms with van der Waals surface area (Å²) in [5, 5.41) is 13.9. The number of halogens is 3. The second kappa shape index (κ2) is 11.5. The minimum Gasteiger partial charge on any atom is -0.485 e. The Bertz CT molecular complexity index is 1550. The normalized spacial score (nSPS) is 11.4. The predicted molar refractivity (Wildman–Crippen MR) is 141 cm³/mol. The number of benzene rings is 3. The fourth-order valence-electron chi connectivity index (χ4n) is 3.85. The van der Waals surface area contributed by atoms with Gasteiger partial charge in [0.25, 0.3) is 11.6 Å². The second-order valence-electron chi connectivity index (χ2n) is 9.31. The fourth-order valence-corrected chi connectivity index (χ4v) is 3.85. The average molecular weight is 555 g/mol. The van der Waals surface area contributed by atoms with Crippen molar-refractivity contribution in [1.29, 1.82) is 0 Å². The number of amides is 1. The Kier molecular flexibility index (Phi) is 8.13. The fraction of sp³-hybridized carbons (Fsp3) is 0.207. The number of rotatable bonds is 9. The molecule has 0 aliphatic carbocycles.